The number of nitrogens with zero attached hydrogens (tertiary/aromatic N) is 1. The van der Waals surface area contributed by atoms with Crippen LogP contribution in [0, 0.1) is 17.2 Å². The molecule has 3 fully saturated rings. The van der Waals surface area contributed by atoms with E-state index in [0.717, 1.165) is 0 Å². The zero-order chi connectivity index (χ0) is 11.7. The molecule has 3 aliphatic carbocycles. The van der Waals surface area contributed by atoms with Gasteiger partial charge in [-0.2, -0.15) is 5.26 Å². The Bertz CT molecular complexity index is 311. The molecule has 0 spiro atoms. The minimum atomic E-state index is -0.371. The van der Waals surface area contributed by atoms with Gasteiger partial charge in [-0.15, -0.1) is 0 Å². The highest BCUT2D eigenvalue weighted by Crippen LogP contribution is 2.42. The molecule has 0 heterocycles. The normalized spacial score (nSPS) is 28.9. The second kappa shape index (κ2) is 4.59. The van der Waals surface area contributed by atoms with Gasteiger partial charge in [0.05, 0.1) is 18.8 Å². The predicted molar refractivity (Wildman–Crippen MR) is 65.4 cm³/mol. The summed E-state index contributed by atoms with van der Waals surface area (Å²) >= 11 is 0. The highest BCUT2D eigenvalue weighted by Gasteiger charge is 2.48. The Hall–Kier alpha value is -0.590. The molecular formula is C14H22N2O. The lowest BCUT2D eigenvalue weighted by Crippen LogP contribution is -2.51. The maximum Gasteiger partial charge on any atom is 0.133 e. The number of ether oxygens (including phenoxy) is 1. The van der Waals surface area contributed by atoms with E-state index in [1.165, 1.54) is 51.4 Å². The van der Waals surface area contributed by atoms with Crippen molar-refractivity contribution in [1.82, 2.24) is 5.32 Å². The zero-order valence-corrected chi connectivity index (χ0v) is 10.5. The van der Waals surface area contributed by atoms with Crippen molar-refractivity contribution < 1.29 is 4.74 Å². The Kier molecular flexibility index (Phi) is 3.10. The fourth-order valence-electron chi connectivity index (χ4n) is 2.91. The Morgan fingerprint density at radius 2 is 1.82 bits per heavy atom. The van der Waals surface area contributed by atoms with E-state index in [0.29, 0.717) is 24.7 Å². The largest absolute Gasteiger partial charge is 0.375 e. The van der Waals surface area contributed by atoms with E-state index >= 15 is 0 Å². The summed E-state index contributed by atoms with van der Waals surface area (Å²) in [5.41, 5.74) is -0.371. The van der Waals surface area contributed by atoms with Gasteiger partial charge in [0.1, 0.15) is 5.54 Å². The molecule has 1 atom stereocenters. The first kappa shape index (κ1) is 11.5. The quantitative estimate of drug-likeness (QED) is 0.767. The maximum absolute atomic E-state index is 9.55. The molecule has 0 aromatic rings. The van der Waals surface area contributed by atoms with Crippen LogP contribution in [0.1, 0.15) is 51.4 Å². The van der Waals surface area contributed by atoms with Crippen LogP contribution in [0.4, 0.5) is 0 Å². The number of nitrogens with one attached hydrogen (secondary N) is 1. The smallest absolute Gasteiger partial charge is 0.133 e. The summed E-state index contributed by atoms with van der Waals surface area (Å²) in [5.74, 6) is 0.537. The zero-order valence-electron chi connectivity index (χ0n) is 10.5. The number of hydrogen-bond donors (Lipinski definition) is 1. The summed E-state index contributed by atoms with van der Waals surface area (Å²) in [5, 5.41) is 13.1. The van der Waals surface area contributed by atoms with Gasteiger partial charge in [-0.25, -0.2) is 0 Å². The van der Waals surface area contributed by atoms with Crippen molar-refractivity contribution in [3.63, 3.8) is 0 Å². The van der Waals surface area contributed by atoms with Crippen LogP contribution < -0.4 is 5.32 Å². The molecular weight excluding hydrogens is 212 g/mol. The van der Waals surface area contributed by atoms with Gasteiger partial charge in [-0.3, -0.25) is 5.32 Å². The summed E-state index contributed by atoms with van der Waals surface area (Å²) in [4.78, 5) is 0. The lowest BCUT2D eigenvalue weighted by Gasteiger charge is -2.29. The van der Waals surface area contributed by atoms with E-state index in [4.69, 9.17) is 4.74 Å². The Morgan fingerprint density at radius 1 is 1.12 bits per heavy atom. The van der Waals surface area contributed by atoms with Crippen LogP contribution in [0.2, 0.25) is 0 Å². The molecule has 0 aromatic heterocycles. The topological polar surface area (TPSA) is 45.0 Å². The first-order valence-electron chi connectivity index (χ1n) is 7.13. The van der Waals surface area contributed by atoms with Crippen molar-refractivity contribution in [1.29, 1.82) is 5.26 Å². The van der Waals surface area contributed by atoms with Gasteiger partial charge in [0.25, 0.3) is 0 Å². The highest BCUT2D eigenvalue weighted by molar-refractivity contribution is 5.17. The molecule has 1 unspecified atom stereocenters. The molecule has 0 amide bonds. The first-order valence-corrected chi connectivity index (χ1v) is 7.13. The molecule has 94 valence electrons. The van der Waals surface area contributed by atoms with Crippen LogP contribution in [-0.2, 0) is 4.74 Å². The lowest BCUT2D eigenvalue weighted by atomic mass is 9.95. The van der Waals surface area contributed by atoms with E-state index in [2.05, 4.69) is 11.4 Å². The minimum absolute atomic E-state index is 0.371. The average molecular weight is 234 g/mol. The Labute approximate surface area is 104 Å². The van der Waals surface area contributed by atoms with Crippen LogP contribution in [0.15, 0.2) is 0 Å². The molecule has 1 N–H and O–H groups in total. The summed E-state index contributed by atoms with van der Waals surface area (Å²) in [7, 11) is 0. The molecule has 3 heteroatoms. The Balaban J connectivity index is 1.58. The first-order chi connectivity index (χ1) is 8.32. The second-order valence-electron chi connectivity index (χ2n) is 5.99. The van der Waals surface area contributed by atoms with Gasteiger partial charge >= 0.3 is 0 Å². The summed E-state index contributed by atoms with van der Waals surface area (Å²) in [6.07, 6.45) is 10.3. The molecule has 0 saturated heterocycles. The third kappa shape index (κ3) is 2.64. The van der Waals surface area contributed by atoms with Gasteiger partial charge in [-0.05, 0) is 44.4 Å². The number of rotatable bonds is 6. The van der Waals surface area contributed by atoms with Crippen LogP contribution in [-0.4, -0.2) is 24.3 Å². The summed E-state index contributed by atoms with van der Waals surface area (Å²) in [6.45, 7) is 0.606. The van der Waals surface area contributed by atoms with Crippen molar-refractivity contribution in [3.8, 4) is 6.07 Å². The van der Waals surface area contributed by atoms with E-state index in [1.807, 2.05) is 0 Å². The molecule has 0 aliphatic heterocycles. The van der Waals surface area contributed by atoms with E-state index in [1.54, 1.807) is 0 Å². The molecule has 3 aliphatic rings. The van der Waals surface area contributed by atoms with Gasteiger partial charge in [0.15, 0.2) is 0 Å². The van der Waals surface area contributed by atoms with Gasteiger partial charge in [0, 0.05) is 6.04 Å². The fourth-order valence-corrected chi connectivity index (χ4v) is 2.91. The van der Waals surface area contributed by atoms with Crippen molar-refractivity contribution in [2.75, 3.05) is 6.61 Å². The molecule has 17 heavy (non-hydrogen) atoms. The average Bonchev–Trinajstić information content (AvgIpc) is 3.26. The fraction of sp³-hybridized carbons (Fsp3) is 0.929. The third-order valence-corrected chi connectivity index (χ3v) is 4.36. The third-order valence-electron chi connectivity index (χ3n) is 4.36. The molecule has 0 radical (unpaired) electrons. The highest BCUT2D eigenvalue weighted by atomic mass is 16.5. The standard InChI is InChI=1S/C14H22N2O/c15-9-14(11-5-6-11,16-12-7-8-12)10-17-13-3-1-2-4-13/h11-13,16H,1-8,10H2. The number of hydrogen-bond acceptors (Lipinski definition) is 3. The van der Waals surface area contributed by atoms with E-state index in [9.17, 15) is 5.26 Å². The van der Waals surface area contributed by atoms with Crippen molar-refractivity contribution in [2.45, 2.75) is 69.1 Å². The summed E-state index contributed by atoms with van der Waals surface area (Å²) < 4.78 is 6.00. The van der Waals surface area contributed by atoms with Crippen molar-refractivity contribution >= 4 is 0 Å². The van der Waals surface area contributed by atoms with Crippen LogP contribution in [0.3, 0.4) is 0 Å². The van der Waals surface area contributed by atoms with Crippen molar-refractivity contribution in [3.05, 3.63) is 0 Å². The SMILES string of the molecule is N#CC(COC1CCCC1)(NC1CC1)C1CC1. The maximum atomic E-state index is 9.55. The van der Waals surface area contributed by atoms with Gasteiger partial charge in [-0.1, -0.05) is 12.8 Å². The molecule has 0 bridgehead atoms. The minimum Gasteiger partial charge on any atom is -0.375 e. The predicted octanol–water partition coefficient (Wildman–Crippen LogP) is 2.37. The van der Waals surface area contributed by atoms with Crippen LogP contribution >= 0.6 is 0 Å². The molecule has 3 nitrogen and oxygen atoms in total. The number of nitriles is 1. The monoisotopic (exact) mass is 234 g/mol. The second-order valence-corrected chi connectivity index (χ2v) is 5.99. The summed E-state index contributed by atoms with van der Waals surface area (Å²) in [6, 6.07) is 3.12. The molecule has 3 saturated carbocycles. The van der Waals surface area contributed by atoms with Crippen LogP contribution in [0.25, 0.3) is 0 Å². The molecule has 0 aromatic carbocycles. The Morgan fingerprint density at radius 3 is 2.35 bits per heavy atom. The van der Waals surface area contributed by atoms with Gasteiger partial charge in [0.2, 0.25) is 0 Å². The van der Waals surface area contributed by atoms with E-state index < -0.39 is 0 Å². The van der Waals surface area contributed by atoms with Gasteiger partial charge < -0.3 is 4.74 Å². The van der Waals surface area contributed by atoms with Crippen LogP contribution in [0.5, 0.6) is 0 Å². The molecule has 3 rings (SSSR count). The lowest BCUT2D eigenvalue weighted by molar-refractivity contribution is 0.0212. The van der Waals surface area contributed by atoms with E-state index in [-0.39, 0.29) is 5.54 Å². The van der Waals surface area contributed by atoms with Crippen molar-refractivity contribution in [2.24, 2.45) is 5.92 Å².